The lowest BCUT2D eigenvalue weighted by Gasteiger charge is -2.39. The Kier molecular flexibility index (Phi) is 1.74. The number of hydrogen-bond donors (Lipinski definition) is 1. The van der Waals surface area contributed by atoms with Crippen LogP contribution in [0.1, 0.15) is 39.5 Å². The van der Waals surface area contributed by atoms with Gasteiger partial charge in [0.25, 0.3) is 0 Å². The molecule has 1 saturated carbocycles. The first-order valence-corrected chi connectivity index (χ1v) is 4.86. The highest BCUT2D eigenvalue weighted by Gasteiger charge is 2.48. The maximum atomic E-state index is 10.1. The van der Waals surface area contributed by atoms with Crippen molar-refractivity contribution in [1.29, 1.82) is 0 Å². The van der Waals surface area contributed by atoms with Crippen LogP contribution < -0.4 is 0 Å². The largest absolute Gasteiger partial charge is 0.387 e. The van der Waals surface area contributed by atoms with Gasteiger partial charge >= 0.3 is 0 Å². The molecule has 2 heteroatoms. The summed E-state index contributed by atoms with van der Waals surface area (Å²) in [7, 11) is 0. The SMILES string of the molecule is CC1(C)CCC(O)(C2CO2)CC1. The summed E-state index contributed by atoms with van der Waals surface area (Å²) in [5.74, 6) is 0. The fourth-order valence-corrected chi connectivity index (χ4v) is 2.04. The Labute approximate surface area is 73.9 Å². The van der Waals surface area contributed by atoms with Crippen LogP contribution in [-0.4, -0.2) is 23.4 Å². The van der Waals surface area contributed by atoms with Gasteiger partial charge in [-0.2, -0.15) is 0 Å². The van der Waals surface area contributed by atoms with Gasteiger partial charge in [0, 0.05) is 0 Å². The molecule has 1 atom stereocenters. The molecule has 2 rings (SSSR count). The molecule has 2 aliphatic rings. The van der Waals surface area contributed by atoms with Crippen molar-refractivity contribution < 1.29 is 9.84 Å². The van der Waals surface area contributed by atoms with Crippen LogP contribution in [0.2, 0.25) is 0 Å². The summed E-state index contributed by atoms with van der Waals surface area (Å²) in [6.45, 7) is 5.33. The third-order valence-corrected chi connectivity index (χ3v) is 3.40. The Morgan fingerprint density at radius 2 is 1.67 bits per heavy atom. The lowest BCUT2D eigenvalue weighted by atomic mass is 9.70. The van der Waals surface area contributed by atoms with Gasteiger partial charge in [0.2, 0.25) is 0 Å². The summed E-state index contributed by atoms with van der Waals surface area (Å²) in [6, 6.07) is 0. The van der Waals surface area contributed by atoms with Crippen molar-refractivity contribution in [2.75, 3.05) is 6.61 Å². The van der Waals surface area contributed by atoms with Gasteiger partial charge in [-0.25, -0.2) is 0 Å². The zero-order chi connectivity index (χ0) is 8.82. The van der Waals surface area contributed by atoms with E-state index in [9.17, 15) is 5.11 Å². The fourth-order valence-electron chi connectivity index (χ4n) is 2.04. The average molecular weight is 170 g/mol. The Hall–Kier alpha value is -0.0800. The van der Waals surface area contributed by atoms with Gasteiger partial charge in [-0.1, -0.05) is 13.8 Å². The third kappa shape index (κ3) is 1.50. The number of epoxide rings is 1. The summed E-state index contributed by atoms with van der Waals surface area (Å²) >= 11 is 0. The molecule has 1 heterocycles. The van der Waals surface area contributed by atoms with Crippen molar-refractivity contribution in [3.63, 3.8) is 0 Å². The molecule has 1 aliphatic heterocycles. The molecule has 1 unspecified atom stereocenters. The standard InChI is InChI=1S/C10H18O2/c1-9(2)3-5-10(11,6-4-9)8-7-12-8/h8,11H,3-7H2,1-2H3. The Morgan fingerprint density at radius 1 is 1.17 bits per heavy atom. The van der Waals surface area contributed by atoms with E-state index in [2.05, 4.69) is 13.8 Å². The second-order valence-electron chi connectivity index (χ2n) is 5.09. The van der Waals surface area contributed by atoms with Crippen molar-refractivity contribution in [2.24, 2.45) is 5.41 Å². The first-order chi connectivity index (χ1) is 5.52. The molecule has 1 aliphatic carbocycles. The molecule has 0 aromatic carbocycles. The van der Waals surface area contributed by atoms with Crippen LogP contribution in [-0.2, 0) is 4.74 Å². The molecule has 0 amide bonds. The van der Waals surface area contributed by atoms with Crippen LogP contribution in [0.4, 0.5) is 0 Å². The number of rotatable bonds is 1. The minimum Gasteiger partial charge on any atom is -0.387 e. The number of aliphatic hydroxyl groups is 1. The van der Waals surface area contributed by atoms with Crippen LogP contribution in [0, 0.1) is 5.41 Å². The van der Waals surface area contributed by atoms with E-state index in [4.69, 9.17) is 4.74 Å². The number of hydrogen-bond acceptors (Lipinski definition) is 2. The molecular weight excluding hydrogens is 152 g/mol. The highest BCUT2D eigenvalue weighted by Crippen LogP contribution is 2.44. The van der Waals surface area contributed by atoms with Crippen molar-refractivity contribution in [3.8, 4) is 0 Å². The number of ether oxygens (including phenoxy) is 1. The van der Waals surface area contributed by atoms with Crippen LogP contribution in [0.5, 0.6) is 0 Å². The molecule has 1 saturated heterocycles. The summed E-state index contributed by atoms with van der Waals surface area (Å²) in [5, 5.41) is 10.1. The first-order valence-electron chi connectivity index (χ1n) is 4.86. The van der Waals surface area contributed by atoms with Gasteiger partial charge in [-0.05, 0) is 31.1 Å². The molecule has 1 N–H and O–H groups in total. The van der Waals surface area contributed by atoms with E-state index in [0.29, 0.717) is 5.41 Å². The second-order valence-corrected chi connectivity index (χ2v) is 5.09. The molecule has 2 fully saturated rings. The Morgan fingerprint density at radius 3 is 2.08 bits per heavy atom. The van der Waals surface area contributed by atoms with Crippen LogP contribution >= 0.6 is 0 Å². The molecule has 0 radical (unpaired) electrons. The maximum absolute atomic E-state index is 10.1. The topological polar surface area (TPSA) is 32.8 Å². The average Bonchev–Trinajstić information content (AvgIpc) is 2.78. The molecule has 2 nitrogen and oxygen atoms in total. The minimum absolute atomic E-state index is 0.161. The second kappa shape index (κ2) is 2.46. The van der Waals surface area contributed by atoms with E-state index in [0.717, 1.165) is 32.3 Å². The molecule has 70 valence electrons. The van der Waals surface area contributed by atoms with Gasteiger partial charge in [-0.15, -0.1) is 0 Å². The van der Waals surface area contributed by atoms with Gasteiger partial charge in [0.1, 0.15) is 6.10 Å². The van der Waals surface area contributed by atoms with Crippen molar-refractivity contribution in [1.82, 2.24) is 0 Å². The Balaban J connectivity index is 1.96. The molecule has 0 aromatic heterocycles. The summed E-state index contributed by atoms with van der Waals surface area (Å²) in [6.07, 6.45) is 4.26. The maximum Gasteiger partial charge on any atom is 0.110 e. The first kappa shape index (κ1) is 8.52. The van der Waals surface area contributed by atoms with Crippen LogP contribution in [0.3, 0.4) is 0 Å². The summed E-state index contributed by atoms with van der Waals surface area (Å²) < 4.78 is 5.17. The van der Waals surface area contributed by atoms with E-state index in [1.54, 1.807) is 0 Å². The van der Waals surface area contributed by atoms with Gasteiger partial charge < -0.3 is 9.84 Å². The van der Waals surface area contributed by atoms with E-state index >= 15 is 0 Å². The predicted octanol–water partition coefficient (Wildman–Crippen LogP) is 1.72. The normalized spacial score (nSPS) is 37.8. The van der Waals surface area contributed by atoms with Crippen molar-refractivity contribution >= 4 is 0 Å². The van der Waals surface area contributed by atoms with E-state index in [1.165, 1.54) is 0 Å². The van der Waals surface area contributed by atoms with Crippen molar-refractivity contribution in [2.45, 2.75) is 51.2 Å². The smallest absolute Gasteiger partial charge is 0.110 e. The molecule has 0 aromatic rings. The van der Waals surface area contributed by atoms with Crippen LogP contribution in [0.25, 0.3) is 0 Å². The Bertz CT molecular complexity index is 172. The zero-order valence-corrected chi connectivity index (χ0v) is 7.97. The fraction of sp³-hybridized carbons (Fsp3) is 1.00. The monoisotopic (exact) mass is 170 g/mol. The van der Waals surface area contributed by atoms with E-state index < -0.39 is 5.60 Å². The minimum atomic E-state index is -0.477. The molecule has 12 heavy (non-hydrogen) atoms. The summed E-state index contributed by atoms with van der Waals surface area (Å²) in [5.41, 5.74) is -0.0450. The quantitative estimate of drug-likeness (QED) is 0.608. The van der Waals surface area contributed by atoms with Gasteiger partial charge in [-0.3, -0.25) is 0 Å². The molecular formula is C10H18O2. The lowest BCUT2D eigenvalue weighted by Crippen LogP contribution is -2.41. The third-order valence-electron chi connectivity index (χ3n) is 3.40. The molecule has 0 spiro atoms. The summed E-state index contributed by atoms with van der Waals surface area (Å²) in [4.78, 5) is 0. The van der Waals surface area contributed by atoms with Crippen LogP contribution in [0.15, 0.2) is 0 Å². The van der Waals surface area contributed by atoms with Gasteiger partial charge in [0.05, 0.1) is 12.2 Å². The lowest BCUT2D eigenvalue weighted by molar-refractivity contribution is -0.0456. The highest BCUT2D eigenvalue weighted by atomic mass is 16.6. The van der Waals surface area contributed by atoms with E-state index in [1.807, 2.05) is 0 Å². The predicted molar refractivity (Wildman–Crippen MR) is 46.9 cm³/mol. The zero-order valence-electron chi connectivity index (χ0n) is 7.97. The van der Waals surface area contributed by atoms with Crippen molar-refractivity contribution in [3.05, 3.63) is 0 Å². The van der Waals surface area contributed by atoms with Gasteiger partial charge in [0.15, 0.2) is 0 Å². The molecule has 0 bridgehead atoms. The van der Waals surface area contributed by atoms with E-state index in [-0.39, 0.29) is 6.10 Å². The highest BCUT2D eigenvalue weighted by molar-refractivity contribution is 4.98.